The number of halogens is 1. The Morgan fingerprint density at radius 1 is 1.33 bits per heavy atom. The Bertz CT molecular complexity index is 567. The van der Waals surface area contributed by atoms with Gasteiger partial charge >= 0.3 is 0 Å². The molecule has 0 heterocycles. The van der Waals surface area contributed by atoms with Gasteiger partial charge in [0, 0.05) is 24.1 Å². The van der Waals surface area contributed by atoms with Gasteiger partial charge in [0.1, 0.15) is 5.82 Å². The molecule has 2 heteroatoms. The maximum Gasteiger partial charge on any atom is 0.130 e. The topological polar surface area (TPSA) is 3.24 Å². The van der Waals surface area contributed by atoms with E-state index in [4.69, 9.17) is 0 Å². The number of allylic oxidation sites excluding steroid dienone is 1. The highest BCUT2D eigenvalue weighted by Crippen LogP contribution is 2.16. The molecule has 1 aromatic rings. The summed E-state index contributed by atoms with van der Waals surface area (Å²) in [6.07, 6.45) is 3.88. The van der Waals surface area contributed by atoms with E-state index in [0.717, 1.165) is 12.1 Å². The van der Waals surface area contributed by atoms with E-state index in [-0.39, 0.29) is 11.2 Å². The van der Waals surface area contributed by atoms with Crippen LogP contribution >= 0.6 is 0 Å². The normalized spacial score (nSPS) is 11.5. The van der Waals surface area contributed by atoms with Crippen LogP contribution in [0.4, 0.5) is 4.39 Å². The minimum Gasteiger partial charge on any atom is -0.298 e. The third-order valence-electron chi connectivity index (χ3n) is 2.78. The summed E-state index contributed by atoms with van der Waals surface area (Å²) >= 11 is 0. The summed E-state index contributed by atoms with van der Waals surface area (Å²) in [7, 11) is 1.98. The predicted octanol–water partition coefficient (Wildman–Crippen LogP) is 4.38. The zero-order chi connectivity index (χ0) is 15.9. The van der Waals surface area contributed by atoms with Crippen molar-refractivity contribution >= 4 is 5.57 Å². The lowest BCUT2D eigenvalue weighted by Gasteiger charge is -2.16. The van der Waals surface area contributed by atoms with Crippen LogP contribution in [0, 0.1) is 23.1 Å². The van der Waals surface area contributed by atoms with Gasteiger partial charge < -0.3 is 0 Å². The lowest BCUT2D eigenvalue weighted by atomic mass is 9.98. The first kappa shape index (κ1) is 17.2. The van der Waals surface area contributed by atoms with Crippen molar-refractivity contribution in [2.24, 2.45) is 5.41 Å². The van der Waals surface area contributed by atoms with Crippen molar-refractivity contribution in [1.29, 1.82) is 0 Å². The van der Waals surface area contributed by atoms with Gasteiger partial charge in [-0.2, -0.15) is 0 Å². The average molecular weight is 285 g/mol. The highest BCUT2D eigenvalue weighted by Gasteiger charge is 2.07. The first-order valence-electron chi connectivity index (χ1n) is 7.08. The van der Waals surface area contributed by atoms with E-state index < -0.39 is 0 Å². The second-order valence-electron chi connectivity index (χ2n) is 6.20. The zero-order valence-corrected chi connectivity index (χ0v) is 13.4. The van der Waals surface area contributed by atoms with Crippen LogP contribution in [0.3, 0.4) is 0 Å². The zero-order valence-electron chi connectivity index (χ0n) is 13.4. The summed E-state index contributed by atoms with van der Waals surface area (Å²) < 4.78 is 13.6. The van der Waals surface area contributed by atoms with Gasteiger partial charge in [0.2, 0.25) is 0 Å². The number of nitrogens with zero attached hydrogens (tertiary/aromatic N) is 1. The van der Waals surface area contributed by atoms with Crippen molar-refractivity contribution in [2.45, 2.75) is 20.8 Å². The molecule has 0 amide bonds. The first-order valence-corrected chi connectivity index (χ1v) is 7.08. The molecule has 0 aromatic heterocycles. The number of hydrogen-bond donors (Lipinski definition) is 0. The van der Waals surface area contributed by atoms with Gasteiger partial charge in [-0.05, 0) is 45.5 Å². The fourth-order valence-corrected chi connectivity index (χ4v) is 1.77. The van der Waals surface area contributed by atoms with Crippen molar-refractivity contribution in [1.82, 2.24) is 4.90 Å². The van der Waals surface area contributed by atoms with E-state index >= 15 is 0 Å². The van der Waals surface area contributed by atoms with Crippen LogP contribution in [-0.4, -0.2) is 25.0 Å². The lowest BCUT2D eigenvalue weighted by Crippen LogP contribution is -2.20. The number of likely N-dealkylation sites (N-methyl/N-ethyl adjacent to an activating group) is 1. The quantitative estimate of drug-likeness (QED) is 0.726. The van der Waals surface area contributed by atoms with Crippen LogP contribution in [0.2, 0.25) is 0 Å². The summed E-state index contributed by atoms with van der Waals surface area (Å²) in [5.41, 5.74) is 1.39. The molecule has 1 rings (SSSR count). The van der Waals surface area contributed by atoms with Gasteiger partial charge in [-0.3, -0.25) is 4.90 Å². The van der Waals surface area contributed by atoms with E-state index in [1.54, 1.807) is 12.1 Å². The van der Waals surface area contributed by atoms with Crippen molar-refractivity contribution in [3.63, 3.8) is 0 Å². The summed E-state index contributed by atoms with van der Waals surface area (Å²) in [5.74, 6) is 5.96. The van der Waals surface area contributed by atoms with E-state index in [2.05, 4.69) is 44.1 Å². The molecule has 0 fully saturated rings. The molecule has 0 saturated carbocycles. The molecule has 112 valence electrons. The Hall–Kier alpha value is -1.85. The second-order valence-corrected chi connectivity index (χ2v) is 6.20. The Balaban J connectivity index is 2.49. The lowest BCUT2D eigenvalue weighted by molar-refractivity contribution is 0.418. The van der Waals surface area contributed by atoms with Crippen LogP contribution in [0.5, 0.6) is 0 Å². The van der Waals surface area contributed by atoms with Crippen molar-refractivity contribution in [3.05, 3.63) is 54.4 Å². The number of rotatable bonds is 5. The molecule has 0 aliphatic rings. The molecule has 21 heavy (non-hydrogen) atoms. The minimum absolute atomic E-state index is 0.0232. The molecular formula is C19H24FN. The maximum absolute atomic E-state index is 13.6. The Morgan fingerprint density at radius 2 is 2.00 bits per heavy atom. The predicted molar refractivity (Wildman–Crippen MR) is 89.3 cm³/mol. The molecule has 1 nitrogen and oxygen atoms in total. The highest BCUT2D eigenvalue weighted by atomic mass is 19.1. The second kappa shape index (κ2) is 7.81. The Labute approximate surface area is 128 Å². The molecule has 0 N–H and O–H groups in total. The van der Waals surface area contributed by atoms with Gasteiger partial charge in [0.05, 0.1) is 0 Å². The molecule has 1 aromatic carbocycles. The van der Waals surface area contributed by atoms with Gasteiger partial charge in [-0.15, -0.1) is 0 Å². The number of benzene rings is 1. The van der Waals surface area contributed by atoms with E-state index in [1.807, 2.05) is 25.3 Å². The summed E-state index contributed by atoms with van der Waals surface area (Å²) in [6, 6.07) is 6.73. The first-order chi connectivity index (χ1) is 9.79. The largest absolute Gasteiger partial charge is 0.298 e. The average Bonchev–Trinajstić information content (AvgIpc) is 2.37. The molecule has 0 saturated heterocycles. The molecule has 0 aliphatic carbocycles. The monoisotopic (exact) mass is 285 g/mol. The van der Waals surface area contributed by atoms with Crippen molar-refractivity contribution < 1.29 is 4.39 Å². The summed E-state index contributed by atoms with van der Waals surface area (Å²) in [5, 5.41) is 0. The van der Waals surface area contributed by atoms with Crippen LogP contribution in [0.15, 0.2) is 43.0 Å². The fraction of sp³-hybridized carbons (Fsp3) is 0.368. The third kappa shape index (κ3) is 6.92. The molecule has 0 radical (unpaired) electrons. The van der Waals surface area contributed by atoms with Crippen molar-refractivity contribution in [3.8, 4) is 11.8 Å². The molecule has 0 unspecified atom stereocenters. The van der Waals surface area contributed by atoms with E-state index in [1.165, 1.54) is 6.07 Å². The fourth-order valence-electron chi connectivity index (χ4n) is 1.77. The SMILES string of the molecule is C=C(CN(C)CC=CC#CC(C)(C)C)c1ccccc1F. The molecule has 0 bridgehead atoms. The van der Waals surface area contributed by atoms with Crippen LogP contribution in [0.1, 0.15) is 26.3 Å². The van der Waals surface area contributed by atoms with Gasteiger partial charge in [-0.25, -0.2) is 4.39 Å². The smallest absolute Gasteiger partial charge is 0.130 e. The highest BCUT2D eigenvalue weighted by molar-refractivity contribution is 5.65. The maximum atomic E-state index is 13.6. The summed E-state index contributed by atoms with van der Waals surface area (Å²) in [4.78, 5) is 2.07. The van der Waals surface area contributed by atoms with E-state index in [0.29, 0.717) is 12.1 Å². The Kier molecular flexibility index (Phi) is 6.39. The molecule has 0 spiro atoms. The number of hydrogen-bond acceptors (Lipinski definition) is 1. The van der Waals surface area contributed by atoms with Gasteiger partial charge in [0.15, 0.2) is 0 Å². The standard InChI is InChI=1S/C19H24FN/c1-16(17-11-7-8-12-18(17)20)15-21(5)14-10-6-9-13-19(2,3)4/h6-8,10-12H,1,14-15H2,2-5H3. The Morgan fingerprint density at radius 3 is 2.62 bits per heavy atom. The van der Waals surface area contributed by atoms with Crippen molar-refractivity contribution in [2.75, 3.05) is 20.1 Å². The van der Waals surface area contributed by atoms with Crippen LogP contribution in [-0.2, 0) is 0 Å². The van der Waals surface area contributed by atoms with Gasteiger partial charge in [-0.1, -0.05) is 42.7 Å². The van der Waals surface area contributed by atoms with Gasteiger partial charge in [0.25, 0.3) is 0 Å². The van der Waals surface area contributed by atoms with Crippen LogP contribution < -0.4 is 0 Å². The van der Waals surface area contributed by atoms with E-state index in [9.17, 15) is 4.39 Å². The molecular weight excluding hydrogens is 261 g/mol. The summed E-state index contributed by atoms with van der Waals surface area (Å²) in [6.45, 7) is 11.6. The van der Waals surface area contributed by atoms with Crippen LogP contribution in [0.25, 0.3) is 5.57 Å². The molecule has 0 aliphatic heterocycles. The minimum atomic E-state index is -0.220. The third-order valence-corrected chi connectivity index (χ3v) is 2.78. The molecule has 0 atom stereocenters.